The molecule has 2 aromatic rings. The van der Waals surface area contributed by atoms with E-state index < -0.39 is 0 Å². The summed E-state index contributed by atoms with van der Waals surface area (Å²) < 4.78 is 0.760. The van der Waals surface area contributed by atoms with E-state index in [0.717, 1.165) is 16.0 Å². The first kappa shape index (κ1) is 11.0. The second-order valence-electron chi connectivity index (χ2n) is 3.59. The molecule has 0 saturated carbocycles. The molecule has 0 spiro atoms. The Bertz CT molecular complexity index is 494. The highest BCUT2D eigenvalue weighted by molar-refractivity contribution is 9.10. The lowest BCUT2D eigenvalue weighted by molar-refractivity contribution is 1.28. The van der Waals surface area contributed by atoms with Gasteiger partial charge in [-0.15, -0.1) is 0 Å². The van der Waals surface area contributed by atoms with Crippen LogP contribution in [0.2, 0.25) is 0 Å². The van der Waals surface area contributed by atoms with Crippen molar-refractivity contribution in [3.05, 3.63) is 46.7 Å². The fourth-order valence-electron chi connectivity index (χ4n) is 1.34. The third-order valence-electron chi connectivity index (χ3n) is 2.23. The number of benzene rings is 1. The molecule has 0 atom stereocenters. The molecule has 1 aromatic carbocycles. The van der Waals surface area contributed by atoms with Gasteiger partial charge in [-0.2, -0.15) is 0 Å². The minimum atomic E-state index is 0.628. The third kappa shape index (κ3) is 2.52. The Morgan fingerprint density at radius 1 is 1.25 bits per heavy atom. The number of hydrogen-bond acceptors (Lipinski definition) is 3. The summed E-state index contributed by atoms with van der Waals surface area (Å²) in [5.41, 5.74) is 9.54. The molecule has 3 nitrogen and oxygen atoms in total. The smallest absolute Gasteiger partial charge is 0.108 e. The number of nitrogen functional groups attached to an aromatic ring is 1. The normalized spacial score (nSPS) is 10.1. The lowest BCUT2D eigenvalue weighted by atomic mass is 10.2. The van der Waals surface area contributed by atoms with Crippen molar-refractivity contribution in [3.8, 4) is 0 Å². The molecule has 82 valence electrons. The van der Waals surface area contributed by atoms with Crippen LogP contribution in [-0.2, 0) is 0 Å². The largest absolute Gasteiger partial charge is 0.396 e. The van der Waals surface area contributed by atoms with E-state index in [2.05, 4.69) is 45.3 Å². The molecule has 0 saturated heterocycles. The zero-order chi connectivity index (χ0) is 11.5. The van der Waals surface area contributed by atoms with Gasteiger partial charge in [0.15, 0.2) is 0 Å². The molecule has 0 bridgehead atoms. The highest BCUT2D eigenvalue weighted by atomic mass is 79.9. The Morgan fingerprint density at radius 3 is 2.62 bits per heavy atom. The summed E-state index contributed by atoms with van der Waals surface area (Å²) in [5.74, 6) is 0. The van der Waals surface area contributed by atoms with Crippen LogP contribution in [0.4, 0.5) is 17.1 Å². The van der Waals surface area contributed by atoms with Gasteiger partial charge in [0, 0.05) is 5.69 Å². The van der Waals surface area contributed by atoms with Crippen LogP contribution >= 0.6 is 15.9 Å². The molecule has 2 rings (SSSR count). The molecule has 0 aliphatic carbocycles. The zero-order valence-electron chi connectivity index (χ0n) is 8.87. The van der Waals surface area contributed by atoms with Gasteiger partial charge in [-0.25, -0.2) is 4.98 Å². The number of nitrogens with zero attached hydrogens (tertiary/aromatic N) is 1. The third-order valence-corrected chi connectivity index (χ3v) is 2.67. The molecule has 1 aromatic heterocycles. The predicted octanol–water partition coefficient (Wildman–Crippen LogP) is 3.48. The van der Waals surface area contributed by atoms with Crippen LogP contribution in [0.3, 0.4) is 0 Å². The monoisotopic (exact) mass is 277 g/mol. The number of anilines is 3. The van der Waals surface area contributed by atoms with Crippen molar-refractivity contribution in [1.29, 1.82) is 0 Å². The highest BCUT2D eigenvalue weighted by Crippen LogP contribution is 2.24. The fraction of sp³-hybridized carbons (Fsp3) is 0.0833. The molecule has 0 aliphatic rings. The molecule has 16 heavy (non-hydrogen) atoms. The summed E-state index contributed by atoms with van der Waals surface area (Å²) in [4.78, 5) is 4.05. The first-order valence-corrected chi connectivity index (χ1v) is 5.69. The van der Waals surface area contributed by atoms with Crippen molar-refractivity contribution >= 4 is 33.0 Å². The van der Waals surface area contributed by atoms with E-state index in [0.29, 0.717) is 5.69 Å². The van der Waals surface area contributed by atoms with E-state index in [1.807, 2.05) is 18.2 Å². The second-order valence-corrected chi connectivity index (χ2v) is 4.40. The zero-order valence-corrected chi connectivity index (χ0v) is 10.5. The second kappa shape index (κ2) is 4.53. The number of nitrogens with two attached hydrogens (primary N) is 1. The van der Waals surface area contributed by atoms with Crippen LogP contribution in [0.5, 0.6) is 0 Å². The van der Waals surface area contributed by atoms with Gasteiger partial charge < -0.3 is 11.1 Å². The maximum absolute atomic E-state index is 5.82. The van der Waals surface area contributed by atoms with Crippen molar-refractivity contribution in [2.75, 3.05) is 11.1 Å². The van der Waals surface area contributed by atoms with E-state index in [1.54, 1.807) is 6.20 Å². The van der Waals surface area contributed by atoms with Gasteiger partial charge >= 0.3 is 0 Å². The molecule has 0 aliphatic heterocycles. The number of aryl methyl sites for hydroxylation is 1. The number of halogens is 1. The van der Waals surface area contributed by atoms with E-state index >= 15 is 0 Å². The van der Waals surface area contributed by atoms with Gasteiger partial charge in [0.05, 0.1) is 17.6 Å². The average molecular weight is 278 g/mol. The molecular formula is C12H12BrN3. The molecular weight excluding hydrogens is 266 g/mol. The minimum Gasteiger partial charge on any atom is -0.396 e. The first-order chi connectivity index (χ1) is 7.65. The van der Waals surface area contributed by atoms with Crippen LogP contribution in [0.25, 0.3) is 0 Å². The lowest BCUT2D eigenvalue weighted by Gasteiger charge is -2.09. The summed E-state index contributed by atoms with van der Waals surface area (Å²) >= 11 is 3.31. The van der Waals surface area contributed by atoms with Gasteiger partial charge in [0.25, 0.3) is 0 Å². The fourth-order valence-corrected chi connectivity index (χ4v) is 1.67. The van der Waals surface area contributed by atoms with Gasteiger partial charge in [0.2, 0.25) is 0 Å². The van der Waals surface area contributed by atoms with Crippen molar-refractivity contribution in [2.45, 2.75) is 6.92 Å². The standard InChI is InChI=1S/C12H12BrN3/c1-8-2-4-9(5-3-8)16-11-6-12(13)15-7-10(11)14/h2-7H,14H2,1H3,(H,15,16). The Kier molecular flexibility index (Phi) is 3.10. The summed E-state index contributed by atoms with van der Waals surface area (Å²) in [5, 5.41) is 3.25. The molecule has 1 heterocycles. The maximum atomic E-state index is 5.82. The number of aromatic nitrogens is 1. The lowest BCUT2D eigenvalue weighted by Crippen LogP contribution is -1.97. The topological polar surface area (TPSA) is 50.9 Å². The van der Waals surface area contributed by atoms with Gasteiger partial charge in [-0.05, 0) is 41.1 Å². The van der Waals surface area contributed by atoms with Crippen LogP contribution in [-0.4, -0.2) is 4.98 Å². The SMILES string of the molecule is Cc1ccc(Nc2cc(Br)ncc2N)cc1. The van der Waals surface area contributed by atoms with Gasteiger partial charge in [-0.1, -0.05) is 17.7 Å². The van der Waals surface area contributed by atoms with E-state index in [4.69, 9.17) is 5.73 Å². The average Bonchev–Trinajstić information content (AvgIpc) is 2.27. The van der Waals surface area contributed by atoms with Crippen LogP contribution in [0, 0.1) is 6.92 Å². The van der Waals surface area contributed by atoms with Crippen molar-refractivity contribution < 1.29 is 0 Å². The predicted molar refractivity (Wildman–Crippen MR) is 70.8 cm³/mol. The number of nitrogens with one attached hydrogen (secondary N) is 1. The van der Waals surface area contributed by atoms with E-state index in [9.17, 15) is 0 Å². The molecule has 0 radical (unpaired) electrons. The molecule has 4 heteroatoms. The van der Waals surface area contributed by atoms with Crippen LogP contribution < -0.4 is 11.1 Å². The highest BCUT2D eigenvalue weighted by Gasteiger charge is 2.01. The van der Waals surface area contributed by atoms with Crippen LogP contribution in [0.15, 0.2) is 41.1 Å². The number of rotatable bonds is 2. The van der Waals surface area contributed by atoms with E-state index in [1.165, 1.54) is 5.56 Å². The first-order valence-electron chi connectivity index (χ1n) is 4.90. The van der Waals surface area contributed by atoms with Gasteiger partial charge in [0.1, 0.15) is 4.60 Å². The van der Waals surface area contributed by atoms with Crippen molar-refractivity contribution in [3.63, 3.8) is 0 Å². The Hall–Kier alpha value is -1.55. The summed E-state index contributed by atoms with van der Waals surface area (Å²) in [6.07, 6.45) is 1.63. The Balaban J connectivity index is 2.26. The number of hydrogen-bond donors (Lipinski definition) is 2. The number of pyridine rings is 1. The maximum Gasteiger partial charge on any atom is 0.108 e. The summed E-state index contributed by atoms with van der Waals surface area (Å²) in [7, 11) is 0. The van der Waals surface area contributed by atoms with Gasteiger partial charge in [-0.3, -0.25) is 0 Å². The molecule has 0 unspecified atom stereocenters. The quantitative estimate of drug-likeness (QED) is 0.827. The molecule has 0 fully saturated rings. The summed E-state index contributed by atoms with van der Waals surface area (Å²) in [6.45, 7) is 2.06. The summed E-state index contributed by atoms with van der Waals surface area (Å²) in [6, 6.07) is 9.99. The molecule has 3 N–H and O–H groups in total. The molecule has 0 amide bonds. The van der Waals surface area contributed by atoms with Crippen LogP contribution in [0.1, 0.15) is 5.56 Å². The Morgan fingerprint density at radius 2 is 1.94 bits per heavy atom. The van der Waals surface area contributed by atoms with Crippen molar-refractivity contribution in [2.24, 2.45) is 0 Å². The van der Waals surface area contributed by atoms with E-state index in [-0.39, 0.29) is 0 Å². The minimum absolute atomic E-state index is 0.628. The van der Waals surface area contributed by atoms with Crippen molar-refractivity contribution in [1.82, 2.24) is 4.98 Å². The Labute approximate surface area is 103 Å².